The molecule has 0 saturated heterocycles. The van der Waals surface area contributed by atoms with E-state index in [2.05, 4.69) is 25.7 Å². The molecule has 2 unspecified atom stereocenters. The molecular formula is C17H37NO. The normalized spacial score (nSPS) is 16.6. The summed E-state index contributed by atoms with van der Waals surface area (Å²) < 4.78 is 0. The second-order valence-electron chi connectivity index (χ2n) is 6.85. The molecule has 0 aliphatic heterocycles. The molecule has 2 atom stereocenters. The van der Waals surface area contributed by atoms with E-state index in [0.29, 0.717) is 5.41 Å². The molecule has 0 spiro atoms. The van der Waals surface area contributed by atoms with Crippen molar-refractivity contribution in [3.8, 4) is 0 Å². The van der Waals surface area contributed by atoms with E-state index in [1.54, 1.807) is 0 Å². The third kappa shape index (κ3) is 10.4. The molecule has 0 aromatic heterocycles. The lowest BCUT2D eigenvalue weighted by atomic mass is 9.75. The molecular weight excluding hydrogens is 234 g/mol. The minimum Gasteiger partial charge on any atom is -0.392 e. The minimum absolute atomic E-state index is 0.178. The topological polar surface area (TPSA) is 23.5 Å². The van der Waals surface area contributed by atoms with Gasteiger partial charge in [0.15, 0.2) is 0 Å². The van der Waals surface area contributed by atoms with Crippen molar-refractivity contribution < 1.29 is 5.11 Å². The highest BCUT2D eigenvalue weighted by Gasteiger charge is 2.26. The molecule has 0 rings (SSSR count). The molecule has 0 heterocycles. The summed E-state index contributed by atoms with van der Waals surface area (Å²) >= 11 is 0. The number of hydrogen-bond acceptors (Lipinski definition) is 2. The summed E-state index contributed by atoms with van der Waals surface area (Å²) in [5.74, 6) is 0. The van der Waals surface area contributed by atoms with Crippen molar-refractivity contribution >= 4 is 0 Å². The van der Waals surface area contributed by atoms with Crippen LogP contribution in [0.4, 0.5) is 0 Å². The molecule has 0 saturated carbocycles. The van der Waals surface area contributed by atoms with Crippen LogP contribution in [0.25, 0.3) is 0 Å². The summed E-state index contributed by atoms with van der Waals surface area (Å²) in [5.41, 5.74) is 0.333. The number of rotatable bonds is 12. The molecule has 0 aliphatic rings. The van der Waals surface area contributed by atoms with Crippen LogP contribution < -0.4 is 0 Å². The number of unbranched alkanes of at least 4 members (excludes halogenated alkanes) is 4. The van der Waals surface area contributed by atoms with Gasteiger partial charge in [-0.3, -0.25) is 0 Å². The largest absolute Gasteiger partial charge is 0.392 e. The van der Waals surface area contributed by atoms with E-state index in [0.717, 1.165) is 13.0 Å². The second-order valence-corrected chi connectivity index (χ2v) is 6.85. The Balaban J connectivity index is 4.23. The fraction of sp³-hybridized carbons (Fsp3) is 1.00. The van der Waals surface area contributed by atoms with E-state index < -0.39 is 0 Å². The van der Waals surface area contributed by atoms with Crippen molar-refractivity contribution in [3.63, 3.8) is 0 Å². The summed E-state index contributed by atoms with van der Waals surface area (Å²) in [6.07, 6.45) is 11.2. The molecule has 0 aromatic carbocycles. The van der Waals surface area contributed by atoms with E-state index >= 15 is 0 Å². The van der Waals surface area contributed by atoms with Crippen molar-refractivity contribution in [2.75, 3.05) is 20.6 Å². The average Bonchev–Trinajstić information content (AvgIpc) is 2.31. The Bertz CT molecular complexity index is 205. The number of aliphatic hydroxyl groups is 1. The van der Waals surface area contributed by atoms with E-state index in [-0.39, 0.29) is 6.10 Å². The molecule has 2 heteroatoms. The van der Waals surface area contributed by atoms with Crippen molar-refractivity contribution in [1.82, 2.24) is 4.90 Å². The van der Waals surface area contributed by atoms with Crippen LogP contribution >= 0.6 is 0 Å². The zero-order valence-electron chi connectivity index (χ0n) is 14.0. The van der Waals surface area contributed by atoms with Crippen LogP contribution in [0.3, 0.4) is 0 Å². The van der Waals surface area contributed by atoms with Crippen molar-refractivity contribution in [2.45, 2.75) is 84.7 Å². The van der Waals surface area contributed by atoms with E-state index in [1.807, 2.05) is 14.1 Å². The Morgan fingerprint density at radius 1 is 0.947 bits per heavy atom. The third-order valence-corrected chi connectivity index (χ3v) is 4.07. The van der Waals surface area contributed by atoms with Gasteiger partial charge in [0.2, 0.25) is 0 Å². The highest BCUT2D eigenvalue weighted by molar-refractivity contribution is 4.79. The van der Waals surface area contributed by atoms with Gasteiger partial charge in [-0.2, -0.15) is 0 Å². The molecule has 0 bridgehead atoms. The number of aliphatic hydroxyl groups excluding tert-OH is 1. The zero-order chi connectivity index (χ0) is 14.7. The summed E-state index contributed by atoms with van der Waals surface area (Å²) in [4.78, 5) is 2.09. The monoisotopic (exact) mass is 271 g/mol. The lowest BCUT2D eigenvalue weighted by Crippen LogP contribution is -2.31. The van der Waals surface area contributed by atoms with Crippen LogP contribution in [0, 0.1) is 5.41 Å². The first-order valence-electron chi connectivity index (χ1n) is 8.26. The molecule has 0 fully saturated rings. The summed E-state index contributed by atoms with van der Waals surface area (Å²) in [6, 6.07) is 0. The van der Waals surface area contributed by atoms with Gasteiger partial charge in [-0.25, -0.2) is 0 Å². The maximum atomic E-state index is 10.2. The lowest BCUT2D eigenvalue weighted by Gasteiger charge is -2.33. The number of hydrogen-bond donors (Lipinski definition) is 1. The summed E-state index contributed by atoms with van der Waals surface area (Å²) in [7, 11) is 4.07. The molecule has 2 nitrogen and oxygen atoms in total. The smallest absolute Gasteiger partial charge is 0.0672 e. The van der Waals surface area contributed by atoms with E-state index in [1.165, 1.54) is 51.4 Å². The molecule has 0 radical (unpaired) electrons. The first-order chi connectivity index (χ1) is 8.93. The van der Waals surface area contributed by atoms with Gasteiger partial charge in [-0.15, -0.1) is 0 Å². The maximum Gasteiger partial charge on any atom is 0.0672 e. The third-order valence-electron chi connectivity index (χ3n) is 4.07. The van der Waals surface area contributed by atoms with E-state index in [4.69, 9.17) is 0 Å². The quantitative estimate of drug-likeness (QED) is 0.530. The molecule has 116 valence electrons. The fourth-order valence-electron chi connectivity index (χ4n) is 2.97. The SMILES string of the molecule is CCCCCCC(C)(CCCC)CC(O)CN(C)C. The lowest BCUT2D eigenvalue weighted by molar-refractivity contribution is 0.0707. The van der Waals surface area contributed by atoms with Crippen molar-refractivity contribution in [3.05, 3.63) is 0 Å². The Labute approximate surface area is 121 Å². The predicted molar refractivity (Wildman–Crippen MR) is 85.6 cm³/mol. The Kier molecular flexibility index (Phi) is 10.6. The zero-order valence-corrected chi connectivity index (χ0v) is 14.0. The summed E-state index contributed by atoms with van der Waals surface area (Å²) in [5, 5.41) is 10.2. The standard InChI is InChI=1S/C17H37NO/c1-6-8-10-11-13-17(3,12-9-7-2)14-16(19)15-18(4)5/h16,19H,6-15H2,1-5H3. The second kappa shape index (κ2) is 10.7. The Hall–Kier alpha value is -0.0800. The Morgan fingerprint density at radius 2 is 1.53 bits per heavy atom. The van der Waals surface area contributed by atoms with Crippen molar-refractivity contribution in [2.24, 2.45) is 5.41 Å². The van der Waals surface area contributed by atoms with Crippen LogP contribution in [0.1, 0.15) is 78.6 Å². The predicted octanol–water partition coefficient (Wildman–Crippen LogP) is 4.47. The van der Waals surface area contributed by atoms with Crippen LogP contribution in [0.15, 0.2) is 0 Å². The van der Waals surface area contributed by atoms with Gasteiger partial charge in [-0.1, -0.05) is 59.3 Å². The van der Waals surface area contributed by atoms with Gasteiger partial charge < -0.3 is 10.0 Å². The number of likely N-dealkylation sites (N-methyl/N-ethyl adjacent to an activating group) is 1. The molecule has 0 aliphatic carbocycles. The molecule has 19 heavy (non-hydrogen) atoms. The first kappa shape index (κ1) is 18.9. The molecule has 0 aromatic rings. The highest BCUT2D eigenvalue weighted by Crippen LogP contribution is 2.35. The van der Waals surface area contributed by atoms with Gasteiger partial charge >= 0.3 is 0 Å². The van der Waals surface area contributed by atoms with Gasteiger partial charge in [0.1, 0.15) is 0 Å². The number of nitrogens with zero attached hydrogens (tertiary/aromatic N) is 1. The fourth-order valence-corrected chi connectivity index (χ4v) is 2.97. The average molecular weight is 271 g/mol. The van der Waals surface area contributed by atoms with Gasteiger partial charge in [-0.05, 0) is 38.8 Å². The highest BCUT2D eigenvalue weighted by atomic mass is 16.3. The maximum absolute atomic E-state index is 10.2. The van der Waals surface area contributed by atoms with Crippen LogP contribution in [0.2, 0.25) is 0 Å². The van der Waals surface area contributed by atoms with Crippen LogP contribution in [-0.4, -0.2) is 36.8 Å². The molecule has 0 amide bonds. The minimum atomic E-state index is -0.178. The van der Waals surface area contributed by atoms with Gasteiger partial charge in [0.25, 0.3) is 0 Å². The van der Waals surface area contributed by atoms with Gasteiger partial charge in [0.05, 0.1) is 6.10 Å². The van der Waals surface area contributed by atoms with Gasteiger partial charge in [0, 0.05) is 6.54 Å². The van der Waals surface area contributed by atoms with E-state index in [9.17, 15) is 5.11 Å². The Morgan fingerprint density at radius 3 is 2.05 bits per heavy atom. The molecule has 1 N–H and O–H groups in total. The van der Waals surface area contributed by atoms with Crippen molar-refractivity contribution in [1.29, 1.82) is 0 Å². The first-order valence-corrected chi connectivity index (χ1v) is 8.26. The van der Waals surface area contributed by atoms with Crippen LogP contribution in [0.5, 0.6) is 0 Å². The van der Waals surface area contributed by atoms with Crippen LogP contribution in [-0.2, 0) is 0 Å². The summed E-state index contributed by atoms with van der Waals surface area (Å²) in [6.45, 7) is 7.69.